The van der Waals surface area contributed by atoms with Crippen molar-refractivity contribution in [3.63, 3.8) is 0 Å². The van der Waals surface area contributed by atoms with Crippen molar-refractivity contribution in [3.8, 4) is 0 Å². The standard InChI is InChI=1S/C9H7F5N2O2/c10-7(11)5-3(2-15)1-4(9(12,13)14)6(16-5)8(17)18/h1,7H,2,15H2,(H,17,18). The first kappa shape index (κ1) is 14.3. The molecule has 0 amide bonds. The molecule has 0 radical (unpaired) electrons. The zero-order valence-electron chi connectivity index (χ0n) is 8.63. The van der Waals surface area contributed by atoms with Gasteiger partial charge >= 0.3 is 12.1 Å². The second-order valence-corrected chi connectivity index (χ2v) is 3.24. The van der Waals surface area contributed by atoms with Gasteiger partial charge in [-0.3, -0.25) is 0 Å². The van der Waals surface area contributed by atoms with Crippen LogP contribution in [-0.2, 0) is 12.7 Å². The first-order valence-electron chi connectivity index (χ1n) is 4.51. The number of pyridine rings is 1. The van der Waals surface area contributed by atoms with Gasteiger partial charge in [0.05, 0.1) is 5.56 Å². The maximum atomic E-state index is 12.5. The van der Waals surface area contributed by atoms with Crippen LogP contribution in [0.1, 0.15) is 33.7 Å². The molecule has 0 unspecified atom stereocenters. The van der Waals surface area contributed by atoms with Gasteiger partial charge in [-0.2, -0.15) is 13.2 Å². The van der Waals surface area contributed by atoms with E-state index in [4.69, 9.17) is 10.8 Å². The van der Waals surface area contributed by atoms with Gasteiger partial charge in [0.25, 0.3) is 6.43 Å². The number of hydrogen-bond donors (Lipinski definition) is 2. The van der Waals surface area contributed by atoms with Crippen molar-refractivity contribution in [1.82, 2.24) is 4.98 Å². The molecule has 100 valence electrons. The molecule has 0 fully saturated rings. The first-order chi connectivity index (χ1) is 8.18. The number of carboxylic acids is 1. The monoisotopic (exact) mass is 270 g/mol. The lowest BCUT2D eigenvalue weighted by Gasteiger charge is -2.14. The number of aromatic nitrogens is 1. The summed E-state index contributed by atoms with van der Waals surface area (Å²) in [5, 5.41) is 8.56. The molecule has 0 spiro atoms. The van der Waals surface area contributed by atoms with E-state index in [2.05, 4.69) is 4.98 Å². The van der Waals surface area contributed by atoms with Gasteiger partial charge in [-0.05, 0) is 11.6 Å². The maximum absolute atomic E-state index is 12.5. The van der Waals surface area contributed by atoms with Gasteiger partial charge in [-0.15, -0.1) is 0 Å². The number of nitrogens with two attached hydrogens (primary N) is 1. The molecule has 0 atom stereocenters. The van der Waals surface area contributed by atoms with Gasteiger partial charge in [0.2, 0.25) is 0 Å². The number of alkyl halides is 5. The van der Waals surface area contributed by atoms with Gasteiger partial charge in [-0.1, -0.05) is 0 Å². The van der Waals surface area contributed by atoms with E-state index in [0.29, 0.717) is 0 Å². The van der Waals surface area contributed by atoms with Crippen LogP contribution < -0.4 is 5.73 Å². The molecule has 0 aliphatic carbocycles. The molecule has 1 aromatic rings. The molecule has 0 aliphatic rings. The number of hydrogen-bond acceptors (Lipinski definition) is 3. The van der Waals surface area contributed by atoms with Crippen molar-refractivity contribution in [1.29, 1.82) is 0 Å². The molecule has 1 heterocycles. The topological polar surface area (TPSA) is 76.2 Å². The van der Waals surface area contributed by atoms with Crippen molar-refractivity contribution in [2.45, 2.75) is 19.1 Å². The minimum Gasteiger partial charge on any atom is -0.476 e. The highest BCUT2D eigenvalue weighted by Gasteiger charge is 2.38. The Hall–Kier alpha value is -1.77. The van der Waals surface area contributed by atoms with Gasteiger partial charge in [-0.25, -0.2) is 18.6 Å². The van der Waals surface area contributed by atoms with E-state index in [-0.39, 0.29) is 6.07 Å². The molecule has 0 bridgehead atoms. The summed E-state index contributed by atoms with van der Waals surface area (Å²) in [5.74, 6) is -2.03. The average molecular weight is 270 g/mol. The predicted molar refractivity (Wildman–Crippen MR) is 49.0 cm³/mol. The Morgan fingerprint density at radius 2 is 2.00 bits per heavy atom. The SMILES string of the molecule is NCc1cc(C(F)(F)F)c(C(=O)O)nc1C(F)F. The third-order valence-electron chi connectivity index (χ3n) is 2.07. The van der Waals surface area contributed by atoms with Gasteiger partial charge in [0.1, 0.15) is 5.69 Å². The van der Waals surface area contributed by atoms with Crippen LogP contribution in [-0.4, -0.2) is 16.1 Å². The molecule has 0 saturated heterocycles. The third-order valence-corrected chi connectivity index (χ3v) is 2.07. The molecule has 18 heavy (non-hydrogen) atoms. The Morgan fingerprint density at radius 1 is 1.44 bits per heavy atom. The lowest BCUT2D eigenvalue weighted by molar-refractivity contribution is -0.138. The van der Waals surface area contributed by atoms with E-state index in [1.165, 1.54) is 0 Å². The minimum atomic E-state index is -5.01. The summed E-state index contributed by atoms with van der Waals surface area (Å²) in [7, 11) is 0. The number of rotatable bonds is 3. The first-order valence-corrected chi connectivity index (χ1v) is 4.51. The lowest BCUT2D eigenvalue weighted by atomic mass is 10.1. The van der Waals surface area contributed by atoms with Gasteiger partial charge in [0.15, 0.2) is 5.69 Å². The van der Waals surface area contributed by atoms with Crippen molar-refractivity contribution in [2.24, 2.45) is 5.73 Å². The van der Waals surface area contributed by atoms with E-state index < -0.39 is 47.6 Å². The van der Waals surface area contributed by atoms with Crippen LogP contribution in [0.15, 0.2) is 6.07 Å². The Bertz CT molecular complexity index is 473. The summed E-state index contributed by atoms with van der Waals surface area (Å²) in [6.07, 6.45) is -8.21. The molecular formula is C9H7F5N2O2. The number of carbonyl (C=O) groups is 1. The van der Waals surface area contributed by atoms with E-state index in [1.54, 1.807) is 0 Å². The van der Waals surface area contributed by atoms with Crippen LogP contribution in [0.25, 0.3) is 0 Å². The Morgan fingerprint density at radius 3 is 2.33 bits per heavy atom. The summed E-state index contributed by atoms with van der Waals surface area (Å²) < 4.78 is 62.6. The quantitative estimate of drug-likeness (QED) is 0.825. The van der Waals surface area contributed by atoms with Gasteiger partial charge in [0, 0.05) is 6.54 Å². The summed E-state index contributed by atoms with van der Waals surface area (Å²) >= 11 is 0. The Balaban J connectivity index is 3.58. The van der Waals surface area contributed by atoms with Crippen LogP contribution in [0, 0.1) is 0 Å². The summed E-state index contributed by atoms with van der Waals surface area (Å²) in [4.78, 5) is 13.5. The fraction of sp³-hybridized carbons (Fsp3) is 0.333. The molecule has 9 heteroatoms. The molecule has 4 nitrogen and oxygen atoms in total. The second kappa shape index (κ2) is 4.84. The highest BCUT2D eigenvalue weighted by molar-refractivity contribution is 5.87. The molecule has 0 aliphatic heterocycles. The fourth-order valence-electron chi connectivity index (χ4n) is 1.30. The van der Waals surface area contributed by atoms with E-state index in [1.807, 2.05) is 0 Å². The number of carboxylic acid groups (broad SMARTS) is 1. The van der Waals surface area contributed by atoms with E-state index in [0.717, 1.165) is 0 Å². The van der Waals surface area contributed by atoms with Crippen LogP contribution in [0.2, 0.25) is 0 Å². The highest BCUT2D eigenvalue weighted by atomic mass is 19.4. The van der Waals surface area contributed by atoms with E-state index >= 15 is 0 Å². The van der Waals surface area contributed by atoms with Crippen LogP contribution in [0.3, 0.4) is 0 Å². The Kier molecular flexibility index (Phi) is 3.85. The highest BCUT2D eigenvalue weighted by Crippen LogP contribution is 2.34. The average Bonchev–Trinajstić information content (AvgIpc) is 2.25. The van der Waals surface area contributed by atoms with E-state index in [9.17, 15) is 26.7 Å². The predicted octanol–water partition coefficient (Wildman–Crippen LogP) is 2.19. The van der Waals surface area contributed by atoms with Crippen molar-refractivity contribution in [2.75, 3.05) is 0 Å². The molecule has 0 aromatic carbocycles. The lowest BCUT2D eigenvalue weighted by Crippen LogP contribution is -2.18. The van der Waals surface area contributed by atoms with Crippen molar-refractivity contribution in [3.05, 3.63) is 28.6 Å². The van der Waals surface area contributed by atoms with Crippen LogP contribution in [0.4, 0.5) is 22.0 Å². The van der Waals surface area contributed by atoms with Gasteiger partial charge < -0.3 is 10.8 Å². The molecule has 1 rings (SSSR count). The number of nitrogens with zero attached hydrogens (tertiary/aromatic N) is 1. The maximum Gasteiger partial charge on any atom is 0.418 e. The van der Waals surface area contributed by atoms with Crippen LogP contribution >= 0.6 is 0 Å². The number of aromatic carboxylic acids is 1. The largest absolute Gasteiger partial charge is 0.476 e. The zero-order valence-corrected chi connectivity index (χ0v) is 8.63. The summed E-state index contributed by atoms with van der Waals surface area (Å²) in [5.41, 5.74) is 0.386. The second-order valence-electron chi connectivity index (χ2n) is 3.24. The van der Waals surface area contributed by atoms with Crippen LogP contribution in [0.5, 0.6) is 0 Å². The molecule has 3 N–H and O–H groups in total. The molecule has 1 aromatic heterocycles. The summed E-state index contributed by atoms with van der Waals surface area (Å²) in [6, 6.07) is 0.290. The zero-order chi connectivity index (χ0) is 14.1. The third kappa shape index (κ3) is 2.73. The molecular weight excluding hydrogens is 263 g/mol. The number of halogens is 5. The minimum absolute atomic E-state index is 0.290. The van der Waals surface area contributed by atoms with Crippen molar-refractivity contribution >= 4 is 5.97 Å². The molecule has 0 saturated carbocycles. The smallest absolute Gasteiger partial charge is 0.418 e. The normalized spacial score (nSPS) is 11.9. The van der Waals surface area contributed by atoms with Crippen molar-refractivity contribution < 1.29 is 31.9 Å². The Labute approximate surface area is 97.2 Å². The fourth-order valence-corrected chi connectivity index (χ4v) is 1.30. The summed E-state index contributed by atoms with van der Waals surface area (Å²) in [6.45, 7) is -0.602.